The normalized spacial score (nSPS) is 23.8. The highest BCUT2D eigenvalue weighted by molar-refractivity contribution is 6.34. The maximum absolute atomic E-state index is 6.00. The van der Waals surface area contributed by atoms with E-state index >= 15 is 0 Å². The summed E-state index contributed by atoms with van der Waals surface area (Å²) in [4.78, 5) is 4.88. The molecule has 0 N–H and O–H groups in total. The number of anilines is 1. The van der Waals surface area contributed by atoms with Gasteiger partial charge in [0.25, 0.3) is 5.95 Å². The third kappa shape index (κ3) is 3.30. The number of ether oxygens (including phenoxy) is 1. The van der Waals surface area contributed by atoms with Gasteiger partial charge < -0.3 is 19.0 Å². The summed E-state index contributed by atoms with van der Waals surface area (Å²) in [5.41, 5.74) is 0. The lowest BCUT2D eigenvalue weighted by Gasteiger charge is -2.31. The molecule has 6 heteroatoms. The SMILES string of the molecule is Clc1cc(Cl)cc(Oc2ccc(N3CCN4CCC3CC4)o2)c1. The van der Waals surface area contributed by atoms with Crippen LogP contribution < -0.4 is 9.64 Å². The first-order chi connectivity index (χ1) is 11.2. The van der Waals surface area contributed by atoms with E-state index in [4.69, 9.17) is 32.4 Å². The molecule has 3 aliphatic heterocycles. The fourth-order valence-corrected chi connectivity index (χ4v) is 3.91. The molecule has 0 atom stereocenters. The zero-order valence-electron chi connectivity index (χ0n) is 12.7. The molecule has 122 valence electrons. The smallest absolute Gasteiger partial charge is 0.291 e. The first-order valence-corrected chi connectivity index (χ1v) is 8.66. The van der Waals surface area contributed by atoms with Gasteiger partial charge in [0.05, 0.1) is 0 Å². The molecule has 3 saturated heterocycles. The fourth-order valence-electron chi connectivity index (χ4n) is 3.40. The van der Waals surface area contributed by atoms with Gasteiger partial charge in [-0.05, 0) is 31.0 Å². The van der Waals surface area contributed by atoms with Gasteiger partial charge in [-0.3, -0.25) is 0 Å². The minimum Gasteiger partial charge on any atom is -0.426 e. The van der Waals surface area contributed by atoms with E-state index in [1.54, 1.807) is 18.2 Å². The maximum Gasteiger partial charge on any atom is 0.291 e. The Balaban J connectivity index is 1.52. The van der Waals surface area contributed by atoms with Gasteiger partial charge in [-0.1, -0.05) is 23.2 Å². The molecule has 1 aromatic carbocycles. The maximum atomic E-state index is 6.00. The van der Waals surface area contributed by atoms with Crippen LogP contribution in [0.15, 0.2) is 34.7 Å². The quantitative estimate of drug-likeness (QED) is 0.802. The van der Waals surface area contributed by atoms with Crippen molar-refractivity contribution in [3.05, 3.63) is 40.4 Å². The van der Waals surface area contributed by atoms with Gasteiger partial charge in [-0.25, -0.2) is 0 Å². The van der Waals surface area contributed by atoms with Gasteiger partial charge in [0.2, 0.25) is 0 Å². The average molecular weight is 353 g/mol. The van der Waals surface area contributed by atoms with E-state index in [1.807, 2.05) is 12.1 Å². The summed E-state index contributed by atoms with van der Waals surface area (Å²) in [7, 11) is 0. The third-order valence-electron chi connectivity index (χ3n) is 4.56. The molecule has 0 spiro atoms. The van der Waals surface area contributed by atoms with Crippen molar-refractivity contribution >= 4 is 29.1 Å². The Morgan fingerprint density at radius 3 is 2.43 bits per heavy atom. The Hall–Kier alpha value is -1.36. The lowest BCUT2D eigenvalue weighted by atomic mass is 10.1. The van der Waals surface area contributed by atoms with Crippen LogP contribution in [0.25, 0.3) is 0 Å². The van der Waals surface area contributed by atoms with Crippen LogP contribution in [-0.2, 0) is 0 Å². The first-order valence-electron chi connectivity index (χ1n) is 7.90. The van der Waals surface area contributed by atoms with Gasteiger partial charge in [-0.15, -0.1) is 0 Å². The summed E-state index contributed by atoms with van der Waals surface area (Å²) in [6.45, 7) is 4.47. The second kappa shape index (κ2) is 6.27. The lowest BCUT2D eigenvalue weighted by Crippen LogP contribution is -2.37. The summed E-state index contributed by atoms with van der Waals surface area (Å²) in [6.07, 6.45) is 2.39. The predicted octanol–water partition coefficient (Wildman–Crippen LogP) is 4.66. The molecule has 23 heavy (non-hydrogen) atoms. The second-order valence-electron chi connectivity index (χ2n) is 6.07. The van der Waals surface area contributed by atoms with E-state index in [9.17, 15) is 0 Å². The Labute approximate surface area is 145 Å². The Bertz CT molecular complexity index is 675. The number of nitrogens with zero attached hydrogens (tertiary/aromatic N) is 2. The van der Waals surface area contributed by atoms with E-state index in [-0.39, 0.29) is 0 Å². The standard InChI is InChI=1S/C17H18Cl2N2O2/c18-12-9-13(19)11-15(10-12)22-17-2-1-16(23-17)21-8-7-20-5-3-14(21)4-6-20/h1-2,9-11,14H,3-8H2. The highest BCUT2D eigenvalue weighted by Crippen LogP contribution is 2.34. The molecule has 0 amide bonds. The number of benzene rings is 1. The summed E-state index contributed by atoms with van der Waals surface area (Å²) < 4.78 is 11.7. The van der Waals surface area contributed by atoms with Gasteiger partial charge in [0, 0.05) is 54.4 Å². The van der Waals surface area contributed by atoms with E-state index in [1.165, 1.54) is 25.9 Å². The summed E-state index contributed by atoms with van der Waals surface area (Å²) in [5, 5.41) is 1.08. The molecule has 0 unspecified atom stereocenters. The Morgan fingerprint density at radius 1 is 0.957 bits per heavy atom. The van der Waals surface area contributed by atoms with Crippen LogP contribution in [0.1, 0.15) is 12.8 Å². The number of rotatable bonds is 3. The van der Waals surface area contributed by atoms with Gasteiger partial charge in [0.15, 0.2) is 5.88 Å². The average Bonchev–Trinajstić information content (AvgIpc) is 2.76. The molecule has 0 saturated carbocycles. The van der Waals surface area contributed by atoms with Gasteiger partial charge in [-0.2, -0.15) is 0 Å². The number of hydrogen-bond acceptors (Lipinski definition) is 4. The van der Waals surface area contributed by atoms with Gasteiger partial charge >= 0.3 is 0 Å². The van der Waals surface area contributed by atoms with E-state index in [0.29, 0.717) is 27.8 Å². The van der Waals surface area contributed by atoms with Crippen molar-refractivity contribution in [2.45, 2.75) is 18.9 Å². The van der Waals surface area contributed by atoms with Crippen molar-refractivity contribution < 1.29 is 9.15 Å². The van der Waals surface area contributed by atoms with E-state index in [0.717, 1.165) is 19.0 Å². The Morgan fingerprint density at radius 2 is 1.70 bits per heavy atom. The summed E-state index contributed by atoms with van der Waals surface area (Å²) >= 11 is 12.0. The van der Waals surface area contributed by atoms with Crippen molar-refractivity contribution in [3.8, 4) is 11.7 Å². The molecule has 5 rings (SSSR count). The highest BCUT2D eigenvalue weighted by Gasteiger charge is 2.30. The first kappa shape index (κ1) is 15.2. The van der Waals surface area contributed by atoms with Crippen molar-refractivity contribution in [1.29, 1.82) is 0 Å². The molecular weight excluding hydrogens is 335 g/mol. The fraction of sp³-hybridized carbons (Fsp3) is 0.412. The molecule has 4 nitrogen and oxygen atoms in total. The second-order valence-corrected chi connectivity index (χ2v) is 6.94. The zero-order valence-corrected chi connectivity index (χ0v) is 14.2. The van der Waals surface area contributed by atoms with Crippen LogP contribution in [-0.4, -0.2) is 37.1 Å². The van der Waals surface area contributed by atoms with Crippen molar-refractivity contribution in [1.82, 2.24) is 4.90 Å². The molecule has 0 radical (unpaired) electrons. The molecule has 2 bridgehead atoms. The number of fused-ring (bicyclic) bond motifs is 4. The number of hydrogen-bond donors (Lipinski definition) is 0. The third-order valence-corrected chi connectivity index (χ3v) is 5.00. The van der Waals surface area contributed by atoms with Crippen LogP contribution in [0.2, 0.25) is 10.0 Å². The minimum atomic E-state index is 0.456. The van der Waals surface area contributed by atoms with Gasteiger partial charge in [0.1, 0.15) is 5.75 Å². The van der Waals surface area contributed by atoms with Crippen LogP contribution >= 0.6 is 23.2 Å². The summed E-state index contributed by atoms with van der Waals surface area (Å²) in [5.74, 6) is 1.91. The zero-order chi connectivity index (χ0) is 15.8. The van der Waals surface area contributed by atoms with Crippen LogP contribution in [0, 0.1) is 0 Å². The number of halogens is 2. The molecular formula is C17H18Cl2N2O2. The van der Waals surface area contributed by atoms with E-state index < -0.39 is 0 Å². The predicted molar refractivity (Wildman–Crippen MR) is 92.1 cm³/mol. The van der Waals surface area contributed by atoms with E-state index in [2.05, 4.69) is 9.80 Å². The lowest BCUT2D eigenvalue weighted by molar-refractivity contribution is 0.249. The number of piperidine rings is 1. The number of furan rings is 1. The van der Waals surface area contributed by atoms with Crippen LogP contribution in [0.3, 0.4) is 0 Å². The highest BCUT2D eigenvalue weighted by atomic mass is 35.5. The van der Waals surface area contributed by atoms with Crippen molar-refractivity contribution in [2.75, 3.05) is 31.1 Å². The van der Waals surface area contributed by atoms with Crippen LogP contribution in [0.5, 0.6) is 11.7 Å². The minimum absolute atomic E-state index is 0.456. The van der Waals surface area contributed by atoms with Crippen molar-refractivity contribution in [3.63, 3.8) is 0 Å². The largest absolute Gasteiger partial charge is 0.426 e. The summed E-state index contributed by atoms with van der Waals surface area (Å²) in [6, 6.07) is 9.50. The molecule has 3 aliphatic rings. The van der Waals surface area contributed by atoms with Crippen molar-refractivity contribution in [2.24, 2.45) is 0 Å². The Kier molecular flexibility index (Phi) is 4.14. The molecule has 4 heterocycles. The molecule has 1 aromatic heterocycles. The topological polar surface area (TPSA) is 28.9 Å². The monoisotopic (exact) mass is 352 g/mol. The molecule has 3 fully saturated rings. The van der Waals surface area contributed by atoms with Crippen LogP contribution in [0.4, 0.5) is 5.88 Å². The molecule has 0 aliphatic carbocycles. The molecule has 2 aromatic rings.